The predicted molar refractivity (Wildman–Crippen MR) is 70.5 cm³/mol. The molecule has 2 atom stereocenters. The van der Waals surface area contributed by atoms with Crippen LogP contribution in [0, 0.1) is 0 Å². The zero-order chi connectivity index (χ0) is 12.8. The molecule has 104 valence electrons. The summed E-state index contributed by atoms with van der Waals surface area (Å²) in [4.78, 5) is 14.4. The van der Waals surface area contributed by atoms with Gasteiger partial charge in [0.15, 0.2) is 0 Å². The van der Waals surface area contributed by atoms with Crippen LogP contribution in [0.25, 0.3) is 0 Å². The van der Waals surface area contributed by atoms with Crippen molar-refractivity contribution in [3.05, 3.63) is 0 Å². The Balaban J connectivity index is 1.67. The number of hydrogen-bond donors (Lipinski definition) is 2. The van der Waals surface area contributed by atoms with Crippen LogP contribution in [0.1, 0.15) is 26.2 Å². The van der Waals surface area contributed by atoms with Crippen LogP contribution in [-0.4, -0.2) is 62.3 Å². The topological polar surface area (TPSA) is 53.6 Å². The molecule has 5 nitrogen and oxygen atoms in total. The van der Waals surface area contributed by atoms with Gasteiger partial charge in [-0.3, -0.25) is 9.69 Å². The first-order chi connectivity index (χ1) is 8.77. The van der Waals surface area contributed by atoms with Crippen LogP contribution >= 0.6 is 0 Å². The van der Waals surface area contributed by atoms with Crippen LogP contribution in [0.3, 0.4) is 0 Å². The average molecular weight is 255 g/mol. The van der Waals surface area contributed by atoms with Gasteiger partial charge in [-0.2, -0.15) is 0 Å². The van der Waals surface area contributed by atoms with Gasteiger partial charge < -0.3 is 15.4 Å². The second-order valence-corrected chi connectivity index (χ2v) is 5.25. The number of nitrogens with zero attached hydrogens (tertiary/aromatic N) is 1. The lowest BCUT2D eigenvalue weighted by Crippen LogP contribution is -2.51. The summed E-state index contributed by atoms with van der Waals surface area (Å²) in [5.41, 5.74) is 0. The highest BCUT2D eigenvalue weighted by Gasteiger charge is 2.23. The predicted octanol–water partition coefficient (Wildman–Crippen LogP) is -0.0346. The number of hydrogen-bond acceptors (Lipinski definition) is 4. The molecular formula is C13H25N3O2. The van der Waals surface area contributed by atoms with E-state index in [0.717, 1.165) is 13.1 Å². The lowest BCUT2D eigenvalue weighted by molar-refractivity contribution is -0.134. The van der Waals surface area contributed by atoms with Gasteiger partial charge in [0.05, 0.1) is 6.61 Å². The molecular weight excluding hydrogens is 230 g/mol. The third-order valence-corrected chi connectivity index (χ3v) is 3.81. The van der Waals surface area contributed by atoms with E-state index in [9.17, 15) is 4.79 Å². The molecule has 0 spiro atoms. The minimum absolute atomic E-state index is 0.0195. The van der Waals surface area contributed by atoms with Gasteiger partial charge in [0.1, 0.15) is 6.10 Å². The van der Waals surface area contributed by atoms with Crippen LogP contribution in [0.5, 0.6) is 0 Å². The van der Waals surface area contributed by atoms with Crippen LogP contribution in [0.2, 0.25) is 0 Å². The van der Waals surface area contributed by atoms with E-state index in [1.807, 2.05) is 0 Å². The zero-order valence-corrected chi connectivity index (χ0v) is 11.3. The number of likely N-dealkylation sites (tertiary alicyclic amines) is 1. The first-order valence-electron chi connectivity index (χ1n) is 7.11. The summed E-state index contributed by atoms with van der Waals surface area (Å²) in [7, 11) is 0. The normalized spacial score (nSPS) is 27.7. The Morgan fingerprint density at radius 3 is 2.89 bits per heavy atom. The van der Waals surface area contributed by atoms with Crippen LogP contribution in [-0.2, 0) is 9.53 Å². The number of ether oxygens (including phenoxy) is 1. The van der Waals surface area contributed by atoms with Crippen molar-refractivity contribution in [2.24, 2.45) is 0 Å². The molecule has 5 heteroatoms. The minimum Gasteiger partial charge on any atom is -0.366 e. The molecule has 0 aromatic rings. The van der Waals surface area contributed by atoms with Gasteiger partial charge in [0, 0.05) is 25.7 Å². The molecule has 0 aliphatic carbocycles. The van der Waals surface area contributed by atoms with Crippen molar-refractivity contribution in [3.63, 3.8) is 0 Å². The highest BCUT2D eigenvalue weighted by atomic mass is 16.5. The first-order valence-corrected chi connectivity index (χ1v) is 7.11. The van der Waals surface area contributed by atoms with E-state index in [0.29, 0.717) is 19.2 Å². The molecule has 0 saturated carbocycles. The summed E-state index contributed by atoms with van der Waals surface area (Å²) in [5.74, 6) is 0.0195. The van der Waals surface area contributed by atoms with E-state index in [2.05, 4.69) is 22.5 Å². The molecule has 0 aromatic carbocycles. The smallest absolute Gasteiger partial charge is 0.250 e. The Hall–Kier alpha value is -0.650. The van der Waals surface area contributed by atoms with E-state index >= 15 is 0 Å². The first kappa shape index (κ1) is 13.8. The van der Waals surface area contributed by atoms with Crippen LogP contribution in [0.4, 0.5) is 0 Å². The Labute approximate surface area is 109 Å². The standard InChI is InChI=1S/C13H25N3O2/c1-11(16-6-3-2-4-7-16)9-15-13(17)12-10-14-5-8-18-12/h11-12,14H,2-10H2,1H3,(H,15,17). The molecule has 2 aliphatic rings. The minimum atomic E-state index is -0.313. The van der Waals surface area contributed by atoms with Crippen LogP contribution in [0.15, 0.2) is 0 Å². The molecule has 2 unspecified atom stereocenters. The second kappa shape index (κ2) is 7.07. The summed E-state index contributed by atoms with van der Waals surface area (Å²) < 4.78 is 5.43. The van der Waals surface area contributed by atoms with E-state index < -0.39 is 0 Å². The number of carbonyl (C=O) groups is 1. The lowest BCUT2D eigenvalue weighted by Gasteiger charge is -2.32. The number of rotatable bonds is 4. The van der Waals surface area contributed by atoms with Crippen molar-refractivity contribution >= 4 is 5.91 Å². The van der Waals surface area contributed by atoms with Gasteiger partial charge in [-0.1, -0.05) is 6.42 Å². The molecule has 0 bridgehead atoms. The Bertz CT molecular complexity index is 261. The Morgan fingerprint density at radius 1 is 1.44 bits per heavy atom. The maximum Gasteiger partial charge on any atom is 0.250 e. The number of amides is 1. The summed E-state index contributed by atoms with van der Waals surface area (Å²) in [6, 6.07) is 0.422. The third kappa shape index (κ3) is 3.93. The third-order valence-electron chi connectivity index (χ3n) is 3.81. The molecule has 2 N–H and O–H groups in total. The molecule has 2 heterocycles. The van der Waals surface area contributed by atoms with Gasteiger partial charge in [-0.05, 0) is 32.9 Å². The molecule has 2 fully saturated rings. The fourth-order valence-electron chi connectivity index (χ4n) is 2.58. The highest BCUT2D eigenvalue weighted by Crippen LogP contribution is 2.11. The average Bonchev–Trinajstić information content (AvgIpc) is 2.46. The van der Waals surface area contributed by atoms with Gasteiger partial charge >= 0.3 is 0 Å². The van der Waals surface area contributed by atoms with E-state index in [1.165, 1.54) is 32.4 Å². The van der Waals surface area contributed by atoms with Crippen molar-refractivity contribution in [3.8, 4) is 0 Å². The van der Waals surface area contributed by atoms with Gasteiger partial charge in [0.25, 0.3) is 5.91 Å². The highest BCUT2D eigenvalue weighted by molar-refractivity contribution is 5.81. The molecule has 2 rings (SSSR count). The molecule has 18 heavy (non-hydrogen) atoms. The van der Waals surface area contributed by atoms with Gasteiger partial charge in [-0.15, -0.1) is 0 Å². The molecule has 2 aliphatic heterocycles. The molecule has 0 aromatic heterocycles. The van der Waals surface area contributed by atoms with E-state index in [4.69, 9.17) is 4.74 Å². The number of morpholine rings is 1. The van der Waals surface area contributed by atoms with Gasteiger partial charge in [-0.25, -0.2) is 0 Å². The SMILES string of the molecule is CC(CNC(=O)C1CNCCO1)N1CCCCC1. The second-order valence-electron chi connectivity index (χ2n) is 5.25. The van der Waals surface area contributed by atoms with Crippen molar-refractivity contribution in [2.45, 2.75) is 38.3 Å². The fraction of sp³-hybridized carbons (Fsp3) is 0.923. The van der Waals surface area contributed by atoms with Crippen molar-refractivity contribution in [2.75, 3.05) is 39.3 Å². The zero-order valence-electron chi connectivity index (χ0n) is 11.3. The summed E-state index contributed by atoms with van der Waals surface area (Å²) in [6.45, 7) is 7.33. The summed E-state index contributed by atoms with van der Waals surface area (Å²) >= 11 is 0. The summed E-state index contributed by atoms with van der Waals surface area (Å²) in [5, 5.41) is 6.17. The number of piperidine rings is 1. The lowest BCUT2D eigenvalue weighted by atomic mass is 10.1. The monoisotopic (exact) mass is 255 g/mol. The quantitative estimate of drug-likeness (QED) is 0.740. The van der Waals surface area contributed by atoms with E-state index in [-0.39, 0.29) is 12.0 Å². The maximum absolute atomic E-state index is 11.9. The van der Waals surface area contributed by atoms with Crippen molar-refractivity contribution in [1.82, 2.24) is 15.5 Å². The Kier molecular flexibility index (Phi) is 5.41. The van der Waals surface area contributed by atoms with Crippen molar-refractivity contribution in [1.29, 1.82) is 0 Å². The largest absolute Gasteiger partial charge is 0.366 e. The summed E-state index contributed by atoms with van der Waals surface area (Å²) in [6.07, 6.45) is 3.60. The van der Waals surface area contributed by atoms with Gasteiger partial charge in [0.2, 0.25) is 0 Å². The fourth-order valence-corrected chi connectivity index (χ4v) is 2.58. The molecule has 1 amide bonds. The number of nitrogens with one attached hydrogen (secondary N) is 2. The molecule has 2 saturated heterocycles. The number of carbonyl (C=O) groups excluding carboxylic acids is 1. The van der Waals surface area contributed by atoms with E-state index in [1.54, 1.807) is 0 Å². The molecule has 0 radical (unpaired) electrons. The Morgan fingerprint density at radius 2 is 2.22 bits per heavy atom. The van der Waals surface area contributed by atoms with Crippen LogP contribution < -0.4 is 10.6 Å². The van der Waals surface area contributed by atoms with Crippen molar-refractivity contribution < 1.29 is 9.53 Å². The maximum atomic E-state index is 11.9.